The molecule has 2 aromatic carbocycles. The van der Waals surface area contributed by atoms with E-state index in [-0.39, 0.29) is 11.7 Å². The fourth-order valence-electron chi connectivity index (χ4n) is 2.06. The van der Waals surface area contributed by atoms with Gasteiger partial charge in [-0.05, 0) is 35.7 Å². The predicted molar refractivity (Wildman–Crippen MR) is 80.6 cm³/mol. The zero-order valence-electron chi connectivity index (χ0n) is 11.2. The number of unbranched alkanes of at least 4 members (excludes halogenated alkanes) is 2. The van der Waals surface area contributed by atoms with Crippen molar-refractivity contribution in [1.82, 2.24) is 5.32 Å². The summed E-state index contributed by atoms with van der Waals surface area (Å²) in [7, 11) is 0. The van der Waals surface area contributed by atoms with Gasteiger partial charge in [-0.15, -0.1) is 12.3 Å². The molecule has 0 aliphatic rings. The zero-order valence-corrected chi connectivity index (χ0v) is 11.2. The number of carbonyl (C=O) groups excluding carboxylic acids is 1. The molecule has 0 radical (unpaired) electrons. The van der Waals surface area contributed by atoms with Crippen LogP contribution in [0.5, 0.6) is 5.75 Å². The molecule has 1 amide bonds. The number of terminal acetylenes is 1. The Balaban J connectivity index is 2.06. The highest BCUT2D eigenvalue weighted by Crippen LogP contribution is 2.24. The van der Waals surface area contributed by atoms with Gasteiger partial charge in [-0.2, -0.15) is 0 Å². The lowest BCUT2D eigenvalue weighted by Gasteiger charge is -2.08. The van der Waals surface area contributed by atoms with Crippen molar-refractivity contribution in [3.05, 3.63) is 42.0 Å². The molecule has 0 aromatic heterocycles. The molecule has 102 valence electrons. The summed E-state index contributed by atoms with van der Waals surface area (Å²) in [6.07, 6.45) is 7.61. The van der Waals surface area contributed by atoms with Gasteiger partial charge in [0, 0.05) is 13.0 Å². The Morgan fingerprint density at radius 3 is 2.60 bits per heavy atom. The third kappa shape index (κ3) is 3.30. The van der Waals surface area contributed by atoms with Crippen LogP contribution in [0.4, 0.5) is 0 Å². The number of aromatic hydroxyl groups is 1. The van der Waals surface area contributed by atoms with Crippen LogP contribution in [0.2, 0.25) is 0 Å². The van der Waals surface area contributed by atoms with Crippen LogP contribution in [-0.4, -0.2) is 17.6 Å². The number of nitrogens with one attached hydrogen (secondary N) is 1. The minimum absolute atomic E-state index is 0.00447. The first-order chi connectivity index (χ1) is 9.72. The average molecular weight is 267 g/mol. The van der Waals surface area contributed by atoms with Gasteiger partial charge in [-0.1, -0.05) is 24.3 Å². The number of phenolic OH excluding ortho intramolecular Hbond substituents is 1. The molecule has 0 unspecified atom stereocenters. The van der Waals surface area contributed by atoms with Gasteiger partial charge in [0.2, 0.25) is 0 Å². The largest absolute Gasteiger partial charge is 0.507 e. The molecule has 20 heavy (non-hydrogen) atoms. The second kappa shape index (κ2) is 6.63. The van der Waals surface area contributed by atoms with Crippen LogP contribution in [0, 0.1) is 12.3 Å². The van der Waals surface area contributed by atoms with Gasteiger partial charge >= 0.3 is 0 Å². The second-order valence-electron chi connectivity index (χ2n) is 4.63. The first kappa shape index (κ1) is 14.0. The summed E-state index contributed by atoms with van der Waals surface area (Å²) in [5, 5.41) is 14.6. The Hall–Kier alpha value is -2.47. The normalized spacial score (nSPS) is 10.2. The summed E-state index contributed by atoms with van der Waals surface area (Å²) in [5.74, 6) is 2.31. The van der Waals surface area contributed by atoms with Crippen LogP contribution < -0.4 is 5.32 Å². The summed E-state index contributed by atoms with van der Waals surface area (Å²) < 4.78 is 0. The van der Waals surface area contributed by atoms with Gasteiger partial charge in [-0.3, -0.25) is 4.79 Å². The molecule has 3 heteroatoms. The number of benzene rings is 2. The fourth-order valence-corrected chi connectivity index (χ4v) is 2.06. The van der Waals surface area contributed by atoms with E-state index in [2.05, 4.69) is 11.2 Å². The maximum atomic E-state index is 12.0. The van der Waals surface area contributed by atoms with E-state index in [0.717, 1.165) is 30.0 Å². The second-order valence-corrected chi connectivity index (χ2v) is 4.63. The minimum Gasteiger partial charge on any atom is -0.507 e. The van der Waals surface area contributed by atoms with E-state index < -0.39 is 0 Å². The quantitative estimate of drug-likeness (QED) is 0.646. The predicted octanol–water partition coefficient (Wildman–Crippen LogP) is 3.08. The monoisotopic (exact) mass is 267 g/mol. The summed E-state index contributed by atoms with van der Waals surface area (Å²) >= 11 is 0. The topological polar surface area (TPSA) is 49.3 Å². The molecule has 0 spiro atoms. The zero-order chi connectivity index (χ0) is 14.4. The van der Waals surface area contributed by atoms with Gasteiger partial charge in [0.25, 0.3) is 5.91 Å². The number of phenols is 1. The molecular weight excluding hydrogens is 250 g/mol. The first-order valence-corrected chi connectivity index (χ1v) is 6.66. The smallest absolute Gasteiger partial charge is 0.255 e. The highest BCUT2D eigenvalue weighted by Gasteiger charge is 2.11. The van der Waals surface area contributed by atoms with Crippen molar-refractivity contribution in [2.45, 2.75) is 19.3 Å². The molecule has 3 nitrogen and oxygen atoms in total. The molecule has 2 rings (SSSR count). The van der Waals surface area contributed by atoms with E-state index in [1.165, 1.54) is 0 Å². The van der Waals surface area contributed by atoms with Crippen LogP contribution in [0.3, 0.4) is 0 Å². The first-order valence-electron chi connectivity index (χ1n) is 6.66. The van der Waals surface area contributed by atoms with Crippen molar-refractivity contribution in [2.75, 3.05) is 6.54 Å². The summed E-state index contributed by atoms with van der Waals surface area (Å²) in [5.41, 5.74) is 0.306. The Morgan fingerprint density at radius 2 is 1.90 bits per heavy atom. The van der Waals surface area contributed by atoms with Crippen LogP contribution in [0.25, 0.3) is 10.8 Å². The molecule has 0 saturated carbocycles. The van der Waals surface area contributed by atoms with E-state index in [9.17, 15) is 9.90 Å². The SMILES string of the molecule is C#CCCCCNC(=O)c1cc2ccccc2cc1O. The lowest BCUT2D eigenvalue weighted by molar-refractivity contribution is 0.0950. The van der Waals surface area contributed by atoms with E-state index in [1.54, 1.807) is 12.1 Å². The fraction of sp³-hybridized carbons (Fsp3) is 0.235. The molecule has 2 aromatic rings. The molecule has 2 N–H and O–H groups in total. The third-order valence-electron chi connectivity index (χ3n) is 3.14. The van der Waals surface area contributed by atoms with E-state index in [4.69, 9.17) is 6.42 Å². The molecule has 0 aliphatic carbocycles. The number of amides is 1. The van der Waals surface area contributed by atoms with Gasteiger partial charge < -0.3 is 10.4 Å². The average Bonchev–Trinajstić information content (AvgIpc) is 2.46. The maximum Gasteiger partial charge on any atom is 0.255 e. The Kier molecular flexibility index (Phi) is 4.62. The summed E-state index contributed by atoms with van der Waals surface area (Å²) in [6.45, 7) is 0.562. The molecule has 0 saturated heterocycles. The maximum absolute atomic E-state index is 12.0. The number of carbonyl (C=O) groups is 1. The standard InChI is InChI=1S/C17H17NO2/c1-2-3-4-7-10-18-17(20)15-11-13-8-5-6-9-14(13)12-16(15)19/h1,5-6,8-9,11-12,19H,3-4,7,10H2,(H,18,20). The lowest BCUT2D eigenvalue weighted by Crippen LogP contribution is -2.24. The van der Waals surface area contributed by atoms with E-state index in [0.29, 0.717) is 12.1 Å². The highest BCUT2D eigenvalue weighted by atomic mass is 16.3. The van der Waals surface area contributed by atoms with Crippen molar-refractivity contribution in [3.8, 4) is 18.1 Å². The van der Waals surface area contributed by atoms with Crippen LogP contribution in [0.15, 0.2) is 36.4 Å². The molecule has 0 heterocycles. The highest BCUT2D eigenvalue weighted by molar-refractivity contribution is 6.01. The number of fused-ring (bicyclic) bond motifs is 1. The van der Waals surface area contributed by atoms with Gasteiger partial charge in [0.15, 0.2) is 0 Å². The number of rotatable bonds is 5. The van der Waals surface area contributed by atoms with Crippen molar-refractivity contribution in [3.63, 3.8) is 0 Å². The lowest BCUT2D eigenvalue weighted by atomic mass is 10.1. The summed E-state index contributed by atoms with van der Waals surface area (Å²) in [6, 6.07) is 10.9. The van der Waals surface area contributed by atoms with Gasteiger partial charge in [0.05, 0.1) is 5.56 Å². The minimum atomic E-state index is -0.256. The Bertz CT molecular complexity index is 656. The summed E-state index contributed by atoms with van der Waals surface area (Å²) in [4.78, 5) is 12.0. The van der Waals surface area contributed by atoms with E-state index in [1.807, 2.05) is 24.3 Å². The molecule has 0 bridgehead atoms. The molecule has 0 aliphatic heterocycles. The van der Waals surface area contributed by atoms with Crippen molar-refractivity contribution >= 4 is 16.7 Å². The van der Waals surface area contributed by atoms with Crippen molar-refractivity contribution < 1.29 is 9.90 Å². The molecule has 0 atom stereocenters. The molecule has 0 fully saturated rings. The van der Waals surface area contributed by atoms with E-state index >= 15 is 0 Å². The van der Waals surface area contributed by atoms with Crippen LogP contribution >= 0.6 is 0 Å². The van der Waals surface area contributed by atoms with Gasteiger partial charge in [-0.25, -0.2) is 0 Å². The van der Waals surface area contributed by atoms with Crippen LogP contribution in [0.1, 0.15) is 29.6 Å². The van der Waals surface area contributed by atoms with Gasteiger partial charge in [0.1, 0.15) is 5.75 Å². The Morgan fingerprint density at radius 1 is 1.20 bits per heavy atom. The third-order valence-corrected chi connectivity index (χ3v) is 3.14. The Labute approximate surface area is 118 Å². The van der Waals surface area contributed by atoms with Crippen LogP contribution in [-0.2, 0) is 0 Å². The van der Waals surface area contributed by atoms with Crippen molar-refractivity contribution in [2.24, 2.45) is 0 Å². The van der Waals surface area contributed by atoms with Crippen molar-refractivity contribution in [1.29, 1.82) is 0 Å². The number of hydrogen-bond donors (Lipinski definition) is 2. The number of hydrogen-bond acceptors (Lipinski definition) is 2. The molecular formula is C17H17NO2.